The van der Waals surface area contributed by atoms with E-state index in [0.29, 0.717) is 25.7 Å². The Balaban J connectivity index is -0.000000490. The number of carboxylic acid groups (broad SMARTS) is 4. The molecule has 0 aromatic rings. The molecule has 0 aliphatic carbocycles. The van der Waals surface area contributed by atoms with E-state index in [4.69, 9.17) is 20.4 Å². The predicted octanol–water partition coefficient (Wildman–Crippen LogP) is 4.38. The first-order valence-corrected chi connectivity index (χ1v) is 10.1. The molecule has 2 radical (unpaired) electrons. The second kappa shape index (κ2) is 13.8. The minimum Gasteiger partial charge on any atom is -0.481 e. The maximum Gasteiger partial charge on any atom is 0.309 e. The summed E-state index contributed by atoms with van der Waals surface area (Å²) < 4.78 is 0. The van der Waals surface area contributed by atoms with Crippen LogP contribution in [-0.4, -0.2) is 89.8 Å². The molecule has 8 nitrogen and oxygen atoms in total. The monoisotopic (exact) mass is 520 g/mol. The van der Waals surface area contributed by atoms with Gasteiger partial charge in [0.05, 0.1) is 10.8 Å². The molecule has 0 fully saturated rings. The molecule has 0 saturated carbocycles. The third kappa shape index (κ3) is 11.7. The standard InChI is InChI=1S/2C11H20O4.Sr/c2*1-10(2,7-5-6-8(12)13)11(3,4)9(14)15;/h2*5-7H2,1-4H3,(H,12,13)(H,14,15);. The van der Waals surface area contributed by atoms with E-state index in [9.17, 15) is 19.2 Å². The number of rotatable bonds is 12. The van der Waals surface area contributed by atoms with E-state index in [1.54, 1.807) is 27.7 Å². The van der Waals surface area contributed by atoms with Gasteiger partial charge in [0, 0.05) is 58.3 Å². The van der Waals surface area contributed by atoms with Gasteiger partial charge in [0.1, 0.15) is 0 Å². The molecule has 0 rings (SSSR count). The van der Waals surface area contributed by atoms with Crippen LogP contribution < -0.4 is 0 Å². The maximum absolute atomic E-state index is 11.0. The second-order valence-corrected chi connectivity index (χ2v) is 10.1. The fourth-order valence-corrected chi connectivity index (χ4v) is 2.57. The largest absolute Gasteiger partial charge is 0.481 e. The van der Waals surface area contributed by atoms with Crippen molar-refractivity contribution < 1.29 is 39.6 Å². The average molecular weight is 520 g/mol. The Kier molecular flexibility index (Phi) is 15.6. The van der Waals surface area contributed by atoms with E-state index in [0.717, 1.165) is 0 Å². The summed E-state index contributed by atoms with van der Waals surface area (Å²) >= 11 is 0. The molecule has 0 amide bonds. The molecule has 0 aromatic heterocycles. The van der Waals surface area contributed by atoms with E-state index < -0.39 is 45.5 Å². The predicted molar refractivity (Wildman–Crippen MR) is 119 cm³/mol. The molecule has 0 aliphatic heterocycles. The molecule has 0 bridgehead atoms. The molecular formula is C22H40O8Sr. The van der Waals surface area contributed by atoms with Crippen molar-refractivity contribution in [2.75, 3.05) is 0 Å². The van der Waals surface area contributed by atoms with Crippen LogP contribution in [0.1, 0.15) is 93.9 Å². The van der Waals surface area contributed by atoms with Crippen molar-refractivity contribution >= 4 is 69.4 Å². The van der Waals surface area contributed by atoms with Crippen LogP contribution in [-0.2, 0) is 19.2 Å². The van der Waals surface area contributed by atoms with Gasteiger partial charge in [0.2, 0.25) is 0 Å². The van der Waals surface area contributed by atoms with Crippen LogP contribution in [0, 0.1) is 21.7 Å². The third-order valence-corrected chi connectivity index (χ3v) is 6.84. The minimum absolute atomic E-state index is 0. The van der Waals surface area contributed by atoms with Crippen molar-refractivity contribution in [2.45, 2.75) is 93.9 Å². The summed E-state index contributed by atoms with van der Waals surface area (Å²) in [6.07, 6.45) is 2.41. The van der Waals surface area contributed by atoms with Gasteiger partial charge in [-0.1, -0.05) is 27.7 Å². The van der Waals surface area contributed by atoms with Crippen molar-refractivity contribution in [3.05, 3.63) is 0 Å². The Morgan fingerprint density at radius 1 is 0.548 bits per heavy atom. The molecule has 9 heteroatoms. The van der Waals surface area contributed by atoms with E-state index in [2.05, 4.69) is 0 Å². The molecule has 0 unspecified atom stereocenters. The molecule has 0 atom stereocenters. The molecule has 0 saturated heterocycles. The summed E-state index contributed by atoms with van der Waals surface area (Å²) in [4.78, 5) is 42.8. The van der Waals surface area contributed by atoms with Crippen LogP contribution in [0.5, 0.6) is 0 Å². The van der Waals surface area contributed by atoms with Gasteiger partial charge in [0.15, 0.2) is 0 Å². The number of hydrogen-bond donors (Lipinski definition) is 4. The minimum atomic E-state index is -0.845. The fraction of sp³-hybridized carbons (Fsp3) is 0.818. The van der Waals surface area contributed by atoms with Crippen LogP contribution >= 0.6 is 0 Å². The molecule has 0 aromatic carbocycles. The number of hydrogen-bond acceptors (Lipinski definition) is 4. The Hall–Kier alpha value is -0.639. The molecule has 0 heterocycles. The van der Waals surface area contributed by atoms with E-state index >= 15 is 0 Å². The number of carboxylic acids is 4. The summed E-state index contributed by atoms with van der Waals surface area (Å²) in [5.41, 5.74) is -2.50. The van der Waals surface area contributed by atoms with Crippen molar-refractivity contribution in [3.63, 3.8) is 0 Å². The summed E-state index contributed by atoms with van der Waals surface area (Å²) in [5.74, 6) is -3.36. The van der Waals surface area contributed by atoms with Gasteiger partial charge in [-0.25, -0.2) is 0 Å². The van der Waals surface area contributed by atoms with Gasteiger partial charge in [-0.05, 0) is 64.2 Å². The zero-order chi connectivity index (χ0) is 24.6. The maximum atomic E-state index is 11.0. The summed E-state index contributed by atoms with van der Waals surface area (Å²) in [6.45, 7) is 14.2. The SMILES string of the molecule is CC(C)(CCCC(=O)O)C(C)(C)C(=O)O.CC(C)(CCCC(=O)O)C(C)(C)C(=O)O.[Sr]. The summed E-state index contributed by atoms with van der Waals surface area (Å²) in [7, 11) is 0. The Morgan fingerprint density at radius 2 is 0.774 bits per heavy atom. The van der Waals surface area contributed by atoms with Gasteiger partial charge in [-0.3, -0.25) is 19.2 Å². The summed E-state index contributed by atoms with van der Waals surface area (Å²) in [5, 5.41) is 35.2. The van der Waals surface area contributed by atoms with Gasteiger partial charge in [-0.2, -0.15) is 0 Å². The Morgan fingerprint density at radius 3 is 0.935 bits per heavy atom. The van der Waals surface area contributed by atoms with E-state index in [1.165, 1.54) is 0 Å². The Bertz CT molecular complexity index is 567. The zero-order valence-electron chi connectivity index (χ0n) is 20.4. The molecule has 0 aliphatic rings. The first-order valence-electron chi connectivity index (χ1n) is 10.1. The van der Waals surface area contributed by atoms with Crippen molar-refractivity contribution in [3.8, 4) is 0 Å². The quantitative estimate of drug-likeness (QED) is 0.277. The topological polar surface area (TPSA) is 149 Å². The van der Waals surface area contributed by atoms with Gasteiger partial charge in [0.25, 0.3) is 0 Å². The van der Waals surface area contributed by atoms with Gasteiger partial charge >= 0.3 is 23.9 Å². The number of carbonyl (C=O) groups is 4. The molecule has 0 spiro atoms. The van der Waals surface area contributed by atoms with Crippen LogP contribution in [0.15, 0.2) is 0 Å². The Labute approximate surface area is 223 Å². The van der Waals surface area contributed by atoms with Crippen molar-refractivity contribution in [1.29, 1.82) is 0 Å². The van der Waals surface area contributed by atoms with E-state index in [-0.39, 0.29) is 58.3 Å². The van der Waals surface area contributed by atoms with E-state index in [1.807, 2.05) is 27.7 Å². The van der Waals surface area contributed by atoms with Gasteiger partial charge < -0.3 is 20.4 Å². The summed E-state index contributed by atoms with van der Waals surface area (Å²) in [6, 6.07) is 0. The van der Waals surface area contributed by atoms with Gasteiger partial charge in [-0.15, -0.1) is 0 Å². The smallest absolute Gasteiger partial charge is 0.309 e. The van der Waals surface area contributed by atoms with Crippen LogP contribution in [0.25, 0.3) is 0 Å². The van der Waals surface area contributed by atoms with Crippen LogP contribution in [0.2, 0.25) is 0 Å². The fourth-order valence-electron chi connectivity index (χ4n) is 2.57. The van der Waals surface area contributed by atoms with Crippen molar-refractivity contribution in [1.82, 2.24) is 0 Å². The molecule has 4 N–H and O–H groups in total. The molecule has 178 valence electrons. The molecule has 31 heavy (non-hydrogen) atoms. The van der Waals surface area contributed by atoms with Crippen LogP contribution in [0.4, 0.5) is 0 Å². The number of aliphatic carboxylic acids is 4. The zero-order valence-corrected chi connectivity index (χ0v) is 23.8. The second-order valence-electron chi connectivity index (χ2n) is 10.1. The third-order valence-electron chi connectivity index (χ3n) is 6.84. The first-order chi connectivity index (χ1) is 13.2. The normalized spacial score (nSPS) is 12.1. The first kappa shape index (κ1) is 35.0. The van der Waals surface area contributed by atoms with Crippen molar-refractivity contribution in [2.24, 2.45) is 21.7 Å². The van der Waals surface area contributed by atoms with Crippen LogP contribution in [0.3, 0.4) is 0 Å². The average Bonchev–Trinajstić information content (AvgIpc) is 2.53. The molecular weight excluding hydrogens is 480 g/mol.